The molecule has 0 fully saturated rings. The van der Waals surface area contributed by atoms with E-state index in [9.17, 15) is 44.7 Å². The summed E-state index contributed by atoms with van der Waals surface area (Å²) in [5, 5.41) is 61.8. The number of halogens is 3. The highest BCUT2D eigenvalue weighted by Gasteiger charge is 2.34. The van der Waals surface area contributed by atoms with Crippen LogP contribution in [0.25, 0.3) is 77.2 Å². The number of hydrogen-bond donors (Lipinski definition) is 0. The summed E-state index contributed by atoms with van der Waals surface area (Å²) in [6.07, 6.45) is -4.81. The summed E-state index contributed by atoms with van der Waals surface area (Å²) in [6.45, 7) is 0. The quantitative estimate of drug-likeness (QED) is 0.173. The standard InChI is InChI=1S/C49H21F3N8/c50-49(51,52)42-20-33(27-58)1-8-35(42)34-7-9-36(48(21-34)60-46-13-5-31(25-56)18-40(46)41-19-32(26-57)6-14-47(41)60)37-15-28(22-53)2-10-43(37)59-44-11-3-29(23-54)16-38(44)39-17-30(24-55)4-12-45(39)59/h1-21H. The van der Waals surface area contributed by atoms with Gasteiger partial charge < -0.3 is 9.13 Å². The van der Waals surface area contributed by atoms with E-state index in [1.54, 1.807) is 103 Å². The van der Waals surface area contributed by atoms with Gasteiger partial charge in [0.15, 0.2) is 0 Å². The van der Waals surface area contributed by atoms with Gasteiger partial charge >= 0.3 is 6.18 Å². The summed E-state index contributed by atoms with van der Waals surface area (Å²) >= 11 is 0. The van der Waals surface area contributed by atoms with Crippen molar-refractivity contribution in [1.82, 2.24) is 9.13 Å². The maximum Gasteiger partial charge on any atom is 0.417 e. The molecule has 60 heavy (non-hydrogen) atoms. The van der Waals surface area contributed by atoms with Crippen LogP contribution in [0.1, 0.15) is 38.9 Å². The first-order valence-electron chi connectivity index (χ1n) is 18.2. The zero-order chi connectivity index (χ0) is 41.9. The second kappa shape index (κ2) is 13.8. The third-order valence-corrected chi connectivity index (χ3v) is 10.7. The maximum atomic E-state index is 14.7. The fourth-order valence-electron chi connectivity index (χ4n) is 8.07. The van der Waals surface area contributed by atoms with E-state index in [2.05, 4.69) is 30.3 Å². The molecule has 9 aromatic rings. The van der Waals surface area contributed by atoms with Crippen LogP contribution in [0, 0.1) is 68.0 Å². The molecule has 0 aliphatic heterocycles. The number of nitrogens with zero attached hydrogens (tertiary/aromatic N) is 8. The van der Waals surface area contributed by atoms with Gasteiger partial charge in [-0.2, -0.15) is 44.7 Å². The summed E-state index contributed by atoms with van der Waals surface area (Å²) < 4.78 is 48.0. The average molecular weight is 779 g/mol. The maximum absolute atomic E-state index is 14.7. The largest absolute Gasteiger partial charge is 0.417 e. The molecule has 8 nitrogen and oxygen atoms in total. The van der Waals surface area contributed by atoms with Crippen molar-refractivity contribution in [3.05, 3.63) is 166 Å². The lowest BCUT2D eigenvalue weighted by molar-refractivity contribution is -0.137. The van der Waals surface area contributed by atoms with Crippen molar-refractivity contribution in [2.24, 2.45) is 0 Å². The van der Waals surface area contributed by atoms with Gasteiger partial charge in [-0.05, 0) is 120 Å². The third-order valence-electron chi connectivity index (χ3n) is 10.7. The molecule has 0 saturated carbocycles. The molecular formula is C49H21F3N8. The smallest absolute Gasteiger partial charge is 0.309 e. The van der Waals surface area contributed by atoms with E-state index in [-0.39, 0.29) is 16.7 Å². The first-order chi connectivity index (χ1) is 29.1. The van der Waals surface area contributed by atoms with E-state index in [1.165, 1.54) is 12.1 Å². The normalized spacial score (nSPS) is 11.2. The predicted octanol–water partition coefficient (Wildman–Crippen LogP) is 11.5. The number of nitriles is 6. The molecule has 0 unspecified atom stereocenters. The van der Waals surface area contributed by atoms with Crippen LogP contribution in [-0.2, 0) is 6.18 Å². The summed E-state index contributed by atoms with van der Waals surface area (Å²) in [6, 6.07) is 46.9. The number of fused-ring (bicyclic) bond motifs is 6. The molecule has 0 aliphatic rings. The first-order valence-corrected chi connectivity index (χ1v) is 18.2. The lowest BCUT2D eigenvalue weighted by Crippen LogP contribution is -2.08. The number of aromatic nitrogens is 2. The first kappa shape index (κ1) is 36.5. The fourth-order valence-corrected chi connectivity index (χ4v) is 8.07. The Balaban J connectivity index is 1.44. The third kappa shape index (κ3) is 5.72. The number of rotatable bonds is 4. The van der Waals surface area contributed by atoms with Crippen LogP contribution >= 0.6 is 0 Å². The molecule has 11 heteroatoms. The SMILES string of the molecule is N#Cc1ccc(-n2c3ccc(C#N)cc3c3cc(C#N)ccc32)c(-c2ccc(-c3ccc(C#N)cc3C(F)(F)F)cc2-n2c3ccc(C#N)cc3c3cc(C#N)ccc32)c1. The van der Waals surface area contributed by atoms with Crippen molar-refractivity contribution in [2.45, 2.75) is 6.18 Å². The summed E-state index contributed by atoms with van der Waals surface area (Å²) in [5.41, 5.74) is 5.33. The molecule has 0 bridgehead atoms. The molecule has 0 spiro atoms. The highest BCUT2D eigenvalue weighted by molar-refractivity contribution is 6.12. The Morgan fingerprint density at radius 2 is 0.717 bits per heavy atom. The van der Waals surface area contributed by atoms with Crippen LogP contribution in [0.2, 0.25) is 0 Å². The second-order valence-electron chi connectivity index (χ2n) is 14.0. The van der Waals surface area contributed by atoms with Gasteiger partial charge in [0.2, 0.25) is 0 Å². The molecule has 0 amide bonds. The van der Waals surface area contributed by atoms with E-state index in [4.69, 9.17) is 0 Å². The van der Waals surface area contributed by atoms with Gasteiger partial charge in [0, 0.05) is 32.7 Å². The number of hydrogen-bond acceptors (Lipinski definition) is 6. The zero-order valence-corrected chi connectivity index (χ0v) is 30.8. The molecule has 2 heterocycles. The Morgan fingerprint density at radius 1 is 0.350 bits per heavy atom. The lowest BCUT2D eigenvalue weighted by Gasteiger charge is -2.21. The van der Waals surface area contributed by atoms with E-state index in [1.807, 2.05) is 21.3 Å². The fraction of sp³-hybridized carbons (Fsp3) is 0.0204. The Labute approximate surface area is 339 Å². The van der Waals surface area contributed by atoms with Crippen LogP contribution in [0.4, 0.5) is 13.2 Å². The van der Waals surface area contributed by atoms with Crippen molar-refractivity contribution >= 4 is 43.6 Å². The Kier molecular flexibility index (Phi) is 8.40. The molecule has 9 rings (SSSR count). The summed E-state index contributed by atoms with van der Waals surface area (Å²) in [4.78, 5) is 0. The second-order valence-corrected chi connectivity index (χ2v) is 14.0. The molecule has 0 aliphatic carbocycles. The van der Waals surface area contributed by atoms with Gasteiger partial charge in [-0.1, -0.05) is 18.2 Å². The topological polar surface area (TPSA) is 153 Å². The molecule has 0 N–H and O–H groups in total. The van der Waals surface area contributed by atoms with Gasteiger partial charge in [-0.25, -0.2) is 0 Å². The van der Waals surface area contributed by atoms with Crippen molar-refractivity contribution < 1.29 is 13.2 Å². The van der Waals surface area contributed by atoms with Gasteiger partial charge in [0.25, 0.3) is 0 Å². The number of benzene rings is 7. The minimum absolute atomic E-state index is 0.153. The van der Waals surface area contributed by atoms with Gasteiger partial charge in [0.05, 0.1) is 109 Å². The molecule has 2 aromatic heterocycles. The minimum Gasteiger partial charge on any atom is -0.309 e. The van der Waals surface area contributed by atoms with Gasteiger partial charge in [-0.3, -0.25) is 0 Å². The molecule has 0 saturated heterocycles. The van der Waals surface area contributed by atoms with Crippen molar-refractivity contribution in [1.29, 1.82) is 31.6 Å². The Bertz CT molecular complexity index is 3480. The highest BCUT2D eigenvalue weighted by atomic mass is 19.4. The molecule has 278 valence electrons. The van der Waals surface area contributed by atoms with Crippen molar-refractivity contribution in [2.75, 3.05) is 0 Å². The summed E-state index contributed by atoms with van der Waals surface area (Å²) in [7, 11) is 0. The van der Waals surface area contributed by atoms with Crippen LogP contribution in [-0.4, -0.2) is 9.13 Å². The van der Waals surface area contributed by atoms with Gasteiger partial charge in [-0.15, -0.1) is 0 Å². The molecule has 0 radical (unpaired) electrons. The van der Waals surface area contributed by atoms with E-state index in [0.29, 0.717) is 93.9 Å². The van der Waals surface area contributed by atoms with E-state index in [0.717, 1.165) is 6.07 Å². The van der Waals surface area contributed by atoms with Crippen LogP contribution in [0.3, 0.4) is 0 Å². The predicted molar refractivity (Wildman–Crippen MR) is 219 cm³/mol. The van der Waals surface area contributed by atoms with Crippen molar-refractivity contribution in [3.63, 3.8) is 0 Å². The molecule has 0 atom stereocenters. The molecule has 7 aromatic carbocycles. The van der Waals surface area contributed by atoms with Crippen molar-refractivity contribution in [3.8, 4) is 70.0 Å². The van der Waals surface area contributed by atoms with E-state index < -0.39 is 11.7 Å². The average Bonchev–Trinajstić information content (AvgIpc) is 3.78. The number of alkyl halides is 3. The lowest BCUT2D eigenvalue weighted by atomic mass is 9.92. The van der Waals surface area contributed by atoms with Crippen LogP contribution in [0.15, 0.2) is 127 Å². The van der Waals surface area contributed by atoms with E-state index >= 15 is 0 Å². The van der Waals surface area contributed by atoms with Crippen LogP contribution in [0.5, 0.6) is 0 Å². The Hall–Kier alpha value is -9.13. The zero-order valence-electron chi connectivity index (χ0n) is 30.8. The monoisotopic (exact) mass is 778 g/mol. The minimum atomic E-state index is -4.81. The van der Waals surface area contributed by atoms with Crippen LogP contribution < -0.4 is 0 Å². The summed E-state index contributed by atoms with van der Waals surface area (Å²) in [5.74, 6) is 0. The molecular weight excluding hydrogens is 758 g/mol. The Morgan fingerprint density at radius 3 is 1.15 bits per heavy atom. The highest BCUT2D eigenvalue weighted by Crippen LogP contribution is 2.45. The van der Waals surface area contributed by atoms with Gasteiger partial charge in [0.1, 0.15) is 0 Å².